The molecule has 37 heavy (non-hydrogen) atoms. The molecule has 7 nitrogen and oxygen atoms in total. The molecule has 1 aliphatic rings. The number of Topliss-reactive ketones (excluding diaryl/α,β-unsaturated/α-hetero) is 1. The first-order valence-corrected chi connectivity index (χ1v) is 11.5. The van der Waals surface area contributed by atoms with Gasteiger partial charge in [0.15, 0.2) is 5.76 Å². The lowest BCUT2D eigenvalue weighted by atomic mass is 9.86. The van der Waals surface area contributed by atoms with Gasteiger partial charge in [0.25, 0.3) is 5.79 Å². The van der Waals surface area contributed by atoms with Crippen molar-refractivity contribution in [2.45, 2.75) is 5.79 Å². The fourth-order valence-electron chi connectivity index (χ4n) is 4.86. The molecule has 1 aliphatic heterocycles. The van der Waals surface area contributed by atoms with Crippen LogP contribution in [0.4, 0.5) is 0 Å². The van der Waals surface area contributed by atoms with Gasteiger partial charge < -0.3 is 19.8 Å². The number of fused-ring (bicyclic) bond motifs is 2. The number of aromatic nitrogens is 2. The van der Waals surface area contributed by atoms with Crippen LogP contribution >= 0.6 is 0 Å². The standard InChI is InChI=1S/C30H18N4O3/c31-14-21(28(35)23-16-33-25-12-6-4-10-19(23)25)27-22(15-32)29(24-17-34-26-13-7-5-11-20(24)26)37-30(27,36)18-8-2-1-3-9-18/h1-13,16-17,33-34,36H/b27-21+/t30-/m1/s1. The van der Waals surface area contributed by atoms with E-state index in [1.807, 2.05) is 42.5 Å². The molecule has 0 radical (unpaired) electrons. The van der Waals surface area contributed by atoms with Gasteiger partial charge in [0, 0.05) is 50.9 Å². The number of aromatic amines is 2. The first kappa shape index (κ1) is 22.1. The Labute approximate surface area is 211 Å². The van der Waals surface area contributed by atoms with Crippen molar-refractivity contribution >= 4 is 33.3 Å². The first-order chi connectivity index (χ1) is 18.1. The van der Waals surface area contributed by atoms with Crippen molar-refractivity contribution in [3.8, 4) is 12.1 Å². The Morgan fingerprint density at radius 2 is 1.46 bits per heavy atom. The fraction of sp³-hybridized carbons (Fsp3) is 0.0333. The summed E-state index contributed by atoms with van der Waals surface area (Å²) in [6.07, 6.45) is 3.21. The molecule has 6 rings (SSSR count). The summed E-state index contributed by atoms with van der Waals surface area (Å²) in [7, 11) is 0. The van der Waals surface area contributed by atoms with Crippen LogP contribution < -0.4 is 0 Å². The van der Waals surface area contributed by atoms with E-state index in [2.05, 4.69) is 16.0 Å². The molecular weight excluding hydrogens is 464 g/mol. The average molecular weight is 482 g/mol. The Kier molecular flexibility index (Phi) is 5.01. The van der Waals surface area contributed by atoms with Gasteiger partial charge in [-0.1, -0.05) is 66.7 Å². The summed E-state index contributed by atoms with van der Waals surface area (Å²) in [4.78, 5) is 20.0. The van der Waals surface area contributed by atoms with Gasteiger partial charge in [0.2, 0.25) is 5.78 Å². The highest BCUT2D eigenvalue weighted by Crippen LogP contribution is 2.50. The fourth-order valence-corrected chi connectivity index (χ4v) is 4.86. The number of aliphatic hydroxyl groups is 1. The normalized spacial score (nSPS) is 18.5. The average Bonchev–Trinajstić information content (AvgIpc) is 3.64. The molecule has 3 N–H and O–H groups in total. The van der Waals surface area contributed by atoms with E-state index in [1.165, 1.54) is 6.20 Å². The van der Waals surface area contributed by atoms with Crippen molar-refractivity contribution in [1.82, 2.24) is 9.97 Å². The lowest BCUT2D eigenvalue weighted by Gasteiger charge is -2.26. The molecular formula is C30H18N4O3. The van der Waals surface area contributed by atoms with Crippen molar-refractivity contribution in [1.29, 1.82) is 10.5 Å². The second kappa shape index (κ2) is 8.39. The van der Waals surface area contributed by atoms with Crippen LogP contribution in [0.2, 0.25) is 0 Å². The summed E-state index contributed by atoms with van der Waals surface area (Å²) >= 11 is 0. The third-order valence-corrected chi connectivity index (χ3v) is 6.60. The lowest BCUT2D eigenvalue weighted by Crippen LogP contribution is -2.29. The van der Waals surface area contributed by atoms with Crippen LogP contribution in [0.3, 0.4) is 0 Å². The van der Waals surface area contributed by atoms with E-state index in [0.717, 1.165) is 16.4 Å². The quantitative estimate of drug-likeness (QED) is 0.178. The van der Waals surface area contributed by atoms with Gasteiger partial charge in [-0.05, 0) is 12.1 Å². The zero-order valence-electron chi connectivity index (χ0n) is 19.3. The van der Waals surface area contributed by atoms with E-state index in [4.69, 9.17) is 4.74 Å². The smallest absolute Gasteiger partial charge is 0.264 e. The Balaban J connectivity index is 1.65. The van der Waals surface area contributed by atoms with Crippen molar-refractivity contribution < 1.29 is 14.6 Å². The number of hydrogen-bond donors (Lipinski definition) is 3. The number of rotatable bonds is 4. The van der Waals surface area contributed by atoms with E-state index >= 15 is 0 Å². The highest BCUT2D eigenvalue weighted by atomic mass is 16.6. The molecule has 0 amide bonds. The maximum atomic E-state index is 13.8. The molecule has 7 heteroatoms. The number of benzene rings is 3. The first-order valence-electron chi connectivity index (χ1n) is 11.5. The Morgan fingerprint density at radius 3 is 2.16 bits per heavy atom. The number of ketones is 1. The summed E-state index contributed by atoms with van der Waals surface area (Å²) < 4.78 is 6.17. The van der Waals surface area contributed by atoms with E-state index in [-0.39, 0.29) is 33.6 Å². The number of nitrogens with one attached hydrogen (secondary N) is 2. The molecule has 2 aromatic heterocycles. The van der Waals surface area contributed by atoms with Crippen molar-refractivity contribution in [3.63, 3.8) is 0 Å². The molecule has 176 valence electrons. The molecule has 0 saturated heterocycles. The largest absolute Gasteiger partial charge is 0.452 e. The predicted octanol–water partition coefficient (Wildman–Crippen LogP) is 5.46. The van der Waals surface area contributed by atoms with E-state index in [9.17, 15) is 20.4 Å². The number of nitriles is 2. The number of ether oxygens (including phenoxy) is 1. The second-order valence-electron chi connectivity index (χ2n) is 8.61. The second-order valence-corrected chi connectivity index (χ2v) is 8.61. The molecule has 0 aliphatic carbocycles. The third-order valence-electron chi connectivity index (χ3n) is 6.60. The maximum absolute atomic E-state index is 13.8. The summed E-state index contributed by atoms with van der Waals surface area (Å²) in [5.74, 6) is -2.78. The summed E-state index contributed by atoms with van der Waals surface area (Å²) in [5, 5.41) is 34.0. The van der Waals surface area contributed by atoms with E-state index < -0.39 is 11.6 Å². The van der Waals surface area contributed by atoms with Gasteiger partial charge in [0.1, 0.15) is 23.3 Å². The minimum absolute atomic E-state index is 0.0825. The molecule has 5 aromatic rings. The number of nitrogens with zero attached hydrogens (tertiary/aromatic N) is 2. The molecule has 0 fully saturated rings. The number of H-pyrrole nitrogens is 2. The number of hydrogen-bond acceptors (Lipinski definition) is 5. The number of para-hydroxylation sites is 2. The molecule has 0 saturated carbocycles. The zero-order chi connectivity index (χ0) is 25.6. The van der Waals surface area contributed by atoms with Crippen molar-refractivity contribution in [2.24, 2.45) is 0 Å². The topological polar surface area (TPSA) is 126 Å². The number of allylic oxidation sites excluding steroid dienone is 1. The Hall–Kier alpha value is -5.37. The predicted molar refractivity (Wildman–Crippen MR) is 138 cm³/mol. The minimum atomic E-state index is -2.24. The highest BCUT2D eigenvalue weighted by Gasteiger charge is 2.50. The van der Waals surface area contributed by atoms with Gasteiger partial charge in [-0.3, -0.25) is 4.79 Å². The van der Waals surface area contributed by atoms with Gasteiger partial charge in [-0.15, -0.1) is 0 Å². The monoisotopic (exact) mass is 482 g/mol. The van der Waals surface area contributed by atoms with Gasteiger partial charge in [-0.25, -0.2) is 0 Å². The van der Waals surface area contributed by atoms with Crippen LogP contribution in [0, 0.1) is 22.7 Å². The zero-order valence-corrected chi connectivity index (χ0v) is 19.3. The number of carbonyl (C=O) groups excluding carboxylic acids is 1. The third kappa shape index (κ3) is 3.27. The lowest BCUT2D eigenvalue weighted by molar-refractivity contribution is -0.120. The van der Waals surface area contributed by atoms with Crippen LogP contribution in [-0.4, -0.2) is 20.9 Å². The Morgan fingerprint density at radius 1 is 0.838 bits per heavy atom. The van der Waals surface area contributed by atoms with Crippen LogP contribution in [0.5, 0.6) is 0 Å². The van der Waals surface area contributed by atoms with Crippen LogP contribution in [-0.2, 0) is 10.5 Å². The van der Waals surface area contributed by atoms with E-state index in [1.54, 1.807) is 48.7 Å². The SMILES string of the molecule is N#CC1=C(c2c[nH]c3ccccc23)O[C@](O)(c2ccccc2)/C1=C(\C#N)C(=O)c1c[nH]c2ccccc12. The minimum Gasteiger partial charge on any atom is -0.452 e. The molecule has 1 atom stereocenters. The molecule has 0 unspecified atom stereocenters. The van der Waals surface area contributed by atoms with Gasteiger partial charge in [-0.2, -0.15) is 10.5 Å². The molecule has 0 spiro atoms. The summed E-state index contributed by atoms with van der Waals surface area (Å²) in [6, 6.07) is 27.2. The van der Waals surface area contributed by atoms with Gasteiger partial charge >= 0.3 is 0 Å². The summed E-state index contributed by atoms with van der Waals surface area (Å²) in [5.41, 5.74) is 1.97. The van der Waals surface area contributed by atoms with E-state index in [0.29, 0.717) is 10.9 Å². The van der Waals surface area contributed by atoms with Gasteiger partial charge in [0.05, 0.1) is 5.57 Å². The summed E-state index contributed by atoms with van der Waals surface area (Å²) in [6.45, 7) is 0. The molecule has 0 bridgehead atoms. The van der Waals surface area contributed by atoms with Crippen LogP contribution in [0.25, 0.3) is 27.6 Å². The maximum Gasteiger partial charge on any atom is 0.264 e. The molecule has 3 heterocycles. The van der Waals surface area contributed by atoms with Crippen LogP contribution in [0.1, 0.15) is 21.5 Å². The number of carbonyl (C=O) groups is 1. The van der Waals surface area contributed by atoms with Crippen LogP contribution in [0.15, 0.2) is 108 Å². The highest BCUT2D eigenvalue weighted by molar-refractivity contribution is 6.19. The van der Waals surface area contributed by atoms with Crippen molar-refractivity contribution in [2.75, 3.05) is 0 Å². The molecule has 3 aromatic carbocycles. The Bertz CT molecular complexity index is 1860. The van der Waals surface area contributed by atoms with Crippen molar-refractivity contribution in [3.05, 3.63) is 125 Å².